The van der Waals surface area contributed by atoms with E-state index in [4.69, 9.17) is 16.4 Å². The molecule has 0 unspecified atom stereocenters. The van der Waals surface area contributed by atoms with Gasteiger partial charge in [0.1, 0.15) is 5.75 Å². The van der Waals surface area contributed by atoms with Gasteiger partial charge >= 0.3 is 0 Å². The van der Waals surface area contributed by atoms with Crippen LogP contribution in [0.4, 0.5) is 0 Å². The molecule has 0 spiro atoms. The molecule has 0 atom stereocenters. The van der Waals surface area contributed by atoms with Gasteiger partial charge in [0.15, 0.2) is 0 Å². The van der Waals surface area contributed by atoms with Crippen molar-refractivity contribution in [1.82, 2.24) is 0 Å². The summed E-state index contributed by atoms with van der Waals surface area (Å²) in [7, 11) is 0. The van der Waals surface area contributed by atoms with Gasteiger partial charge < -0.3 is 4.74 Å². The fourth-order valence-corrected chi connectivity index (χ4v) is 1.59. The smallest absolute Gasteiger partial charge is 0.125 e. The number of nitriles is 1. The Morgan fingerprint density at radius 3 is 2.44 bits per heavy atom. The quantitative estimate of drug-likeness (QED) is 0.569. The fourth-order valence-electron chi connectivity index (χ4n) is 1.59. The summed E-state index contributed by atoms with van der Waals surface area (Å²) in [6.07, 6.45) is 6.75. The third-order valence-corrected chi connectivity index (χ3v) is 2.30. The number of nitrogens with zero attached hydrogens (tertiary/aromatic N) is 1. The summed E-state index contributed by atoms with van der Waals surface area (Å²) in [6.45, 7) is 4.52. The number of aryl methyl sites for hydroxylation is 2. The molecule has 0 bridgehead atoms. The molecule has 0 saturated carbocycles. The monoisotopic (exact) mass is 213 g/mol. The predicted molar refractivity (Wildman–Crippen MR) is 64.2 cm³/mol. The van der Waals surface area contributed by atoms with E-state index in [2.05, 4.69) is 12.0 Å². The van der Waals surface area contributed by atoms with Gasteiger partial charge in [-0.3, -0.25) is 0 Å². The van der Waals surface area contributed by atoms with Crippen LogP contribution in [-0.4, -0.2) is 6.61 Å². The molecule has 16 heavy (non-hydrogen) atoms. The molecule has 1 aromatic rings. The normalized spacial score (nSPS) is 9.25. The van der Waals surface area contributed by atoms with Crippen LogP contribution in [0.15, 0.2) is 12.1 Å². The highest BCUT2D eigenvalue weighted by molar-refractivity contribution is 5.47. The van der Waals surface area contributed by atoms with Crippen molar-refractivity contribution in [3.8, 4) is 24.2 Å². The van der Waals surface area contributed by atoms with Crippen molar-refractivity contribution in [2.24, 2.45) is 0 Å². The third kappa shape index (κ3) is 3.04. The zero-order valence-corrected chi connectivity index (χ0v) is 9.71. The maximum absolute atomic E-state index is 8.81. The van der Waals surface area contributed by atoms with E-state index in [9.17, 15) is 0 Å². The SMILES string of the molecule is C#CCCCOc1c(C)cc(C#N)cc1C. The molecule has 1 aromatic carbocycles. The lowest BCUT2D eigenvalue weighted by Gasteiger charge is -2.11. The summed E-state index contributed by atoms with van der Waals surface area (Å²) in [6, 6.07) is 5.80. The predicted octanol–water partition coefficient (Wildman–Crippen LogP) is 2.97. The van der Waals surface area contributed by atoms with Gasteiger partial charge in [-0.1, -0.05) is 0 Å². The number of benzene rings is 1. The summed E-state index contributed by atoms with van der Waals surface area (Å²) in [5, 5.41) is 8.81. The van der Waals surface area contributed by atoms with Gasteiger partial charge in [0, 0.05) is 6.42 Å². The topological polar surface area (TPSA) is 33.0 Å². The van der Waals surface area contributed by atoms with Crippen molar-refractivity contribution >= 4 is 0 Å². The number of hydrogen-bond acceptors (Lipinski definition) is 2. The Hall–Kier alpha value is -1.93. The van der Waals surface area contributed by atoms with E-state index in [1.54, 1.807) is 0 Å². The molecule has 2 nitrogen and oxygen atoms in total. The Morgan fingerprint density at radius 2 is 1.94 bits per heavy atom. The Labute approximate surface area is 96.9 Å². The van der Waals surface area contributed by atoms with Crippen LogP contribution < -0.4 is 4.74 Å². The summed E-state index contributed by atoms with van der Waals surface area (Å²) in [5.41, 5.74) is 2.67. The van der Waals surface area contributed by atoms with Crippen LogP contribution >= 0.6 is 0 Å². The Morgan fingerprint density at radius 1 is 1.31 bits per heavy atom. The van der Waals surface area contributed by atoms with E-state index >= 15 is 0 Å². The van der Waals surface area contributed by atoms with Gasteiger partial charge in [-0.25, -0.2) is 0 Å². The standard InChI is InChI=1S/C14H15NO/c1-4-5-6-7-16-14-11(2)8-13(10-15)9-12(14)3/h1,8-9H,5-7H2,2-3H3. The molecule has 0 saturated heterocycles. The third-order valence-electron chi connectivity index (χ3n) is 2.30. The minimum Gasteiger partial charge on any atom is -0.493 e. The second-order valence-corrected chi connectivity index (χ2v) is 3.71. The van der Waals surface area contributed by atoms with Crippen LogP contribution in [0.5, 0.6) is 5.75 Å². The molecular formula is C14H15NO. The lowest BCUT2D eigenvalue weighted by Crippen LogP contribution is -2.00. The molecule has 2 heteroatoms. The van der Waals surface area contributed by atoms with Gasteiger partial charge in [-0.15, -0.1) is 12.3 Å². The minimum absolute atomic E-state index is 0.623. The van der Waals surface area contributed by atoms with Crippen LogP contribution in [0.3, 0.4) is 0 Å². The summed E-state index contributed by atoms with van der Waals surface area (Å²) in [5.74, 6) is 3.45. The molecular weight excluding hydrogens is 198 g/mol. The fraction of sp³-hybridized carbons (Fsp3) is 0.357. The lowest BCUT2D eigenvalue weighted by molar-refractivity contribution is 0.309. The maximum Gasteiger partial charge on any atom is 0.125 e. The summed E-state index contributed by atoms with van der Waals surface area (Å²) < 4.78 is 5.66. The zero-order chi connectivity index (χ0) is 12.0. The molecule has 82 valence electrons. The molecule has 0 fully saturated rings. The van der Waals surface area contributed by atoms with Crippen molar-refractivity contribution < 1.29 is 4.74 Å². The van der Waals surface area contributed by atoms with Crippen molar-refractivity contribution in [1.29, 1.82) is 5.26 Å². The Balaban J connectivity index is 2.74. The van der Waals surface area contributed by atoms with E-state index in [1.807, 2.05) is 26.0 Å². The van der Waals surface area contributed by atoms with Crippen LogP contribution in [-0.2, 0) is 0 Å². The number of hydrogen-bond donors (Lipinski definition) is 0. The second kappa shape index (κ2) is 5.83. The highest BCUT2D eigenvalue weighted by atomic mass is 16.5. The number of unbranched alkanes of at least 4 members (excludes halogenated alkanes) is 1. The van der Waals surface area contributed by atoms with E-state index < -0.39 is 0 Å². The van der Waals surface area contributed by atoms with Gasteiger partial charge in [-0.05, 0) is 43.5 Å². The molecule has 0 aromatic heterocycles. The molecule has 0 amide bonds. The largest absolute Gasteiger partial charge is 0.493 e. The van der Waals surface area contributed by atoms with Crippen molar-refractivity contribution in [2.75, 3.05) is 6.61 Å². The number of rotatable bonds is 4. The summed E-state index contributed by atoms with van der Waals surface area (Å²) >= 11 is 0. The highest BCUT2D eigenvalue weighted by Gasteiger charge is 2.05. The summed E-state index contributed by atoms with van der Waals surface area (Å²) in [4.78, 5) is 0. The molecule has 0 aliphatic heterocycles. The van der Waals surface area contributed by atoms with E-state index in [1.165, 1.54) is 0 Å². The van der Waals surface area contributed by atoms with Gasteiger partial charge in [0.2, 0.25) is 0 Å². The highest BCUT2D eigenvalue weighted by Crippen LogP contribution is 2.24. The van der Waals surface area contributed by atoms with Gasteiger partial charge in [-0.2, -0.15) is 5.26 Å². The zero-order valence-electron chi connectivity index (χ0n) is 9.71. The van der Waals surface area contributed by atoms with Crippen molar-refractivity contribution in [2.45, 2.75) is 26.7 Å². The molecule has 0 radical (unpaired) electrons. The molecule has 0 heterocycles. The lowest BCUT2D eigenvalue weighted by atomic mass is 10.1. The second-order valence-electron chi connectivity index (χ2n) is 3.71. The average molecular weight is 213 g/mol. The van der Waals surface area contributed by atoms with Crippen LogP contribution in [0, 0.1) is 37.5 Å². The van der Waals surface area contributed by atoms with E-state index in [0.717, 1.165) is 29.7 Å². The van der Waals surface area contributed by atoms with Crippen molar-refractivity contribution in [3.05, 3.63) is 28.8 Å². The Bertz CT molecular complexity index is 426. The minimum atomic E-state index is 0.623. The number of terminal acetylenes is 1. The van der Waals surface area contributed by atoms with Gasteiger partial charge in [0.25, 0.3) is 0 Å². The van der Waals surface area contributed by atoms with Crippen LogP contribution in [0.2, 0.25) is 0 Å². The first-order valence-corrected chi connectivity index (χ1v) is 5.26. The first kappa shape index (κ1) is 12.1. The van der Waals surface area contributed by atoms with E-state index in [-0.39, 0.29) is 0 Å². The first-order chi connectivity index (χ1) is 7.69. The average Bonchev–Trinajstić information content (AvgIpc) is 2.26. The molecule has 0 aliphatic carbocycles. The molecule has 0 aliphatic rings. The first-order valence-electron chi connectivity index (χ1n) is 5.26. The van der Waals surface area contributed by atoms with Crippen molar-refractivity contribution in [3.63, 3.8) is 0 Å². The molecule has 1 rings (SSSR count). The van der Waals surface area contributed by atoms with Gasteiger partial charge in [0.05, 0.1) is 18.2 Å². The molecule has 0 N–H and O–H groups in total. The maximum atomic E-state index is 8.81. The number of ether oxygens (including phenoxy) is 1. The van der Waals surface area contributed by atoms with Crippen LogP contribution in [0.1, 0.15) is 29.5 Å². The van der Waals surface area contributed by atoms with E-state index in [0.29, 0.717) is 12.2 Å². The van der Waals surface area contributed by atoms with Crippen LogP contribution in [0.25, 0.3) is 0 Å². The Kier molecular flexibility index (Phi) is 4.42.